The van der Waals surface area contributed by atoms with E-state index >= 15 is 0 Å². The first kappa shape index (κ1) is 31.4. The van der Waals surface area contributed by atoms with E-state index in [9.17, 15) is 31.2 Å². The zero-order valence-electron chi connectivity index (χ0n) is 20.3. The molecular formula is C21H26Cl3F3N4O5S. The van der Waals surface area contributed by atoms with Crippen molar-refractivity contribution in [1.29, 1.82) is 0 Å². The van der Waals surface area contributed by atoms with Crippen molar-refractivity contribution < 1.29 is 35.9 Å². The van der Waals surface area contributed by atoms with Crippen molar-refractivity contribution in [2.24, 2.45) is 0 Å². The number of Topliss-reactive ketones (excluding diaryl/α,β-unsaturated/α-hetero) is 1. The Hall–Kier alpha value is -1.80. The minimum absolute atomic E-state index is 0.00000841. The van der Waals surface area contributed by atoms with Gasteiger partial charge in [-0.2, -0.15) is 13.2 Å². The van der Waals surface area contributed by atoms with Crippen LogP contribution < -0.4 is 4.72 Å². The number of sulfonamides is 1. The molecule has 1 N–H and O–H groups in total. The lowest BCUT2D eigenvalue weighted by Gasteiger charge is -2.28. The molecule has 0 bridgehead atoms. The molecule has 9 nitrogen and oxygen atoms in total. The normalized spacial score (nSPS) is 13.1. The van der Waals surface area contributed by atoms with Crippen LogP contribution in [0.2, 0.25) is 0 Å². The van der Waals surface area contributed by atoms with E-state index in [1.54, 1.807) is 45.9 Å². The summed E-state index contributed by atoms with van der Waals surface area (Å²) in [5, 5.41) is 0. The Bertz CT molecular complexity index is 1260. The predicted molar refractivity (Wildman–Crippen MR) is 133 cm³/mol. The van der Waals surface area contributed by atoms with Crippen molar-refractivity contribution in [2.75, 3.05) is 13.1 Å². The fourth-order valence-electron chi connectivity index (χ4n) is 3.27. The number of rotatable bonds is 9. The first-order valence-corrected chi connectivity index (χ1v) is 13.5. The lowest BCUT2D eigenvalue weighted by molar-refractivity contribution is -0.0447. The van der Waals surface area contributed by atoms with E-state index in [4.69, 9.17) is 39.5 Å². The van der Waals surface area contributed by atoms with Crippen LogP contribution in [-0.4, -0.2) is 62.6 Å². The third-order valence-corrected chi connectivity index (χ3v) is 6.54. The monoisotopic (exact) mass is 608 g/mol. The second-order valence-electron chi connectivity index (χ2n) is 9.04. The third kappa shape index (κ3) is 8.34. The number of ketones is 1. The Morgan fingerprint density at radius 2 is 1.76 bits per heavy atom. The van der Waals surface area contributed by atoms with Gasteiger partial charge in [0.15, 0.2) is 0 Å². The Kier molecular flexibility index (Phi) is 9.78. The Labute approximate surface area is 227 Å². The maximum absolute atomic E-state index is 12.9. The molecular weight excluding hydrogens is 584 g/mol. The third-order valence-electron chi connectivity index (χ3n) is 4.83. The minimum Gasteiger partial charge on any atom is -0.444 e. The minimum atomic E-state index is -5.46. The molecule has 208 valence electrons. The number of fused-ring (bicyclic) bond motifs is 1. The molecule has 0 saturated carbocycles. The number of hydrogen-bond donors (Lipinski definition) is 1. The molecule has 2 heterocycles. The topological polar surface area (TPSA) is 110 Å². The fraction of sp³-hybridized carbons (Fsp3) is 0.571. The van der Waals surface area contributed by atoms with Crippen LogP contribution >= 0.6 is 34.8 Å². The summed E-state index contributed by atoms with van der Waals surface area (Å²) in [7, 11) is -5.46. The van der Waals surface area contributed by atoms with E-state index < -0.39 is 43.3 Å². The van der Waals surface area contributed by atoms with Crippen molar-refractivity contribution in [3.63, 3.8) is 0 Å². The summed E-state index contributed by atoms with van der Waals surface area (Å²) in [6.07, 6.45) is -0.593. The van der Waals surface area contributed by atoms with E-state index in [2.05, 4.69) is 4.98 Å². The molecule has 1 amide bonds. The zero-order valence-corrected chi connectivity index (χ0v) is 23.4. The van der Waals surface area contributed by atoms with Crippen molar-refractivity contribution in [3.05, 3.63) is 35.3 Å². The van der Waals surface area contributed by atoms with Gasteiger partial charge in [-0.3, -0.25) is 9.20 Å². The average molecular weight is 610 g/mol. The summed E-state index contributed by atoms with van der Waals surface area (Å²) in [4.78, 5) is 31.3. The quantitative estimate of drug-likeness (QED) is 0.239. The standard InChI is InChI=1S/C21H26Cl3F3N4O5S/c1-13-16(17(32)20(22,23)24)31-14(8-7-9-15(31)29-13)12-30(18(33)36-19(2,3)4)11-6-5-10-28-37(34,35)21(25,26)27/h7-9,28H,5-6,10-12H2,1-4H3. The highest BCUT2D eigenvalue weighted by Gasteiger charge is 2.45. The van der Waals surface area contributed by atoms with E-state index in [0.29, 0.717) is 17.0 Å². The number of aromatic nitrogens is 2. The molecule has 2 aromatic heterocycles. The number of halogens is 6. The number of hydrogen-bond acceptors (Lipinski definition) is 6. The highest BCUT2D eigenvalue weighted by molar-refractivity contribution is 7.90. The maximum atomic E-state index is 12.9. The van der Waals surface area contributed by atoms with Crippen molar-refractivity contribution in [3.8, 4) is 0 Å². The number of ether oxygens (including phenoxy) is 1. The number of amides is 1. The van der Waals surface area contributed by atoms with Crippen LogP contribution in [0.25, 0.3) is 5.65 Å². The van der Waals surface area contributed by atoms with Gasteiger partial charge in [0.2, 0.25) is 5.78 Å². The van der Waals surface area contributed by atoms with Gasteiger partial charge in [0.1, 0.15) is 16.9 Å². The molecule has 0 spiro atoms. The van der Waals surface area contributed by atoms with E-state index in [0.717, 1.165) is 0 Å². The van der Waals surface area contributed by atoms with Crippen molar-refractivity contribution >= 4 is 62.3 Å². The highest BCUT2D eigenvalue weighted by atomic mass is 35.6. The number of carbonyl (C=O) groups is 2. The van der Waals surface area contributed by atoms with Crippen LogP contribution in [0.4, 0.5) is 18.0 Å². The van der Waals surface area contributed by atoms with Gasteiger partial charge in [0.05, 0.1) is 12.2 Å². The van der Waals surface area contributed by atoms with Gasteiger partial charge >= 0.3 is 21.6 Å². The predicted octanol–water partition coefficient (Wildman–Crippen LogP) is 5.15. The smallest absolute Gasteiger partial charge is 0.444 e. The molecule has 0 aliphatic heterocycles. The van der Waals surface area contributed by atoms with Crippen LogP contribution in [0.3, 0.4) is 0 Å². The second kappa shape index (κ2) is 11.5. The fourth-order valence-corrected chi connectivity index (χ4v) is 4.12. The number of aryl methyl sites for hydroxylation is 1. The Morgan fingerprint density at radius 1 is 1.14 bits per heavy atom. The number of carbonyl (C=O) groups excluding carboxylic acids is 2. The molecule has 0 aromatic carbocycles. The number of imidazole rings is 1. The lowest BCUT2D eigenvalue weighted by Crippen LogP contribution is -2.38. The molecule has 16 heteroatoms. The first-order valence-electron chi connectivity index (χ1n) is 10.9. The summed E-state index contributed by atoms with van der Waals surface area (Å²) in [5.74, 6) is -0.823. The molecule has 2 aromatic rings. The van der Waals surface area contributed by atoms with E-state index in [-0.39, 0.29) is 31.6 Å². The largest absolute Gasteiger partial charge is 0.511 e. The first-order chi connectivity index (χ1) is 16.7. The molecule has 0 atom stereocenters. The van der Waals surface area contributed by atoms with Gasteiger partial charge in [0.25, 0.3) is 3.79 Å². The molecule has 0 radical (unpaired) electrons. The zero-order chi connectivity index (χ0) is 28.4. The van der Waals surface area contributed by atoms with Gasteiger partial charge in [-0.05, 0) is 52.7 Å². The van der Waals surface area contributed by atoms with Gasteiger partial charge in [0, 0.05) is 18.8 Å². The average Bonchev–Trinajstić information content (AvgIpc) is 3.05. The Balaban J connectivity index is 2.31. The molecule has 0 saturated heterocycles. The SMILES string of the molecule is Cc1nc2cccc(CN(CCCCNS(=O)(=O)C(F)(F)F)C(=O)OC(C)(C)C)n2c1C(=O)C(Cl)(Cl)Cl. The number of alkyl halides is 6. The highest BCUT2D eigenvalue weighted by Crippen LogP contribution is 2.32. The molecule has 0 aliphatic carbocycles. The van der Waals surface area contributed by atoms with Gasteiger partial charge in [-0.25, -0.2) is 22.9 Å². The summed E-state index contributed by atoms with van der Waals surface area (Å²) in [5.41, 5.74) is -5.19. The van der Waals surface area contributed by atoms with E-state index in [1.165, 1.54) is 14.0 Å². The Morgan fingerprint density at radius 3 is 2.30 bits per heavy atom. The number of unbranched alkanes of at least 4 members (excludes halogenated alkanes) is 1. The van der Waals surface area contributed by atoms with Crippen LogP contribution in [0, 0.1) is 6.92 Å². The molecule has 2 rings (SSSR count). The summed E-state index contributed by atoms with van der Waals surface area (Å²) in [6, 6.07) is 4.90. The second-order valence-corrected chi connectivity index (χ2v) is 13.1. The molecule has 0 aliphatic rings. The van der Waals surface area contributed by atoms with Crippen LogP contribution in [0.5, 0.6) is 0 Å². The van der Waals surface area contributed by atoms with Crippen molar-refractivity contribution in [1.82, 2.24) is 19.0 Å². The number of pyridine rings is 1. The van der Waals surface area contributed by atoms with Gasteiger partial charge in [-0.15, -0.1) is 0 Å². The molecule has 37 heavy (non-hydrogen) atoms. The number of nitrogens with one attached hydrogen (secondary N) is 1. The van der Waals surface area contributed by atoms with E-state index in [1.807, 2.05) is 0 Å². The van der Waals surface area contributed by atoms with Crippen LogP contribution in [0.1, 0.15) is 55.5 Å². The van der Waals surface area contributed by atoms with Gasteiger partial charge < -0.3 is 9.64 Å². The summed E-state index contributed by atoms with van der Waals surface area (Å²) >= 11 is 17.5. The summed E-state index contributed by atoms with van der Waals surface area (Å²) in [6.45, 7) is 5.96. The maximum Gasteiger partial charge on any atom is 0.511 e. The number of nitrogens with zero attached hydrogens (tertiary/aromatic N) is 3. The van der Waals surface area contributed by atoms with Gasteiger partial charge in [-0.1, -0.05) is 40.9 Å². The van der Waals surface area contributed by atoms with Crippen LogP contribution in [-0.2, 0) is 21.3 Å². The molecule has 0 unspecified atom stereocenters. The van der Waals surface area contributed by atoms with Crippen molar-refractivity contribution in [2.45, 2.75) is 62.0 Å². The van der Waals surface area contributed by atoms with Crippen LogP contribution in [0.15, 0.2) is 18.2 Å². The molecule has 0 fully saturated rings. The summed E-state index contributed by atoms with van der Waals surface area (Å²) < 4.78 is 65.9. The lowest BCUT2D eigenvalue weighted by atomic mass is 10.2.